The topological polar surface area (TPSA) is 99.5 Å². The van der Waals surface area contributed by atoms with E-state index in [1.807, 2.05) is 6.07 Å². The molecule has 2 aromatic rings. The van der Waals surface area contributed by atoms with Crippen molar-refractivity contribution in [1.82, 2.24) is 20.2 Å². The fourth-order valence-electron chi connectivity index (χ4n) is 4.07. The second-order valence-corrected chi connectivity index (χ2v) is 8.16. The van der Waals surface area contributed by atoms with Gasteiger partial charge in [0.1, 0.15) is 0 Å². The van der Waals surface area contributed by atoms with Crippen LogP contribution in [0.25, 0.3) is 10.9 Å². The number of piperazine rings is 1. The fourth-order valence-corrected chi connectivity index (χ4v) is 4.36. The number of hydrogen-bond acceptors (Lipinski definition) is 7. The molecule has 2 aliphatic rings. The van der Waals surface area contributed by atoms with E-state index in [2.05, 4.69) is 20.5 Å². The molecule has 2 saturated heterocycles. The van der Waals surface area contributed by atoms with Gasteiger partial charge in [0.25, 0.3) is 5.56 Å². The van der Waals surface area contributed by atoms with Crippen molar-refractivity contribution in [2.75, 3.05) is 37.6 Å². The fraction of sp³-hybridized carbons (Fsp3) is 0.550. The number of halogens is 1. The molecule has 0 aliphatic carbocycles. The van der Waals surface area contributed by atoms with Crippen LogP contribution in [-0.4, -0.2) is 65.3 Å². The van der Waals surface area contributed by atoms with Crippen molar-refractivity contribution >= 4 is 34.0 Å². The van der Waals surface area contributed by atoms with E-state index in [1.54, 1.807) is 6.07 Å². The van der Waals surface area contributed by atoms with Crippen LogP contribution in [0.1, 0.15) is 19.3 Å². The largest absolute Gasteiger partial charge is 0.391 e. The van der Waals surface area contributed by atoms with Gasteiger partial charge in [0, 0.05) is 38.6 Å². The smallest absolute Gasteiger partial charge is 0.261 e. The lowest BCUT2D eigenvalue weighted by Crippen LogP contribution is -2.46. The Kier molecular flexibility index (Phi) is 6.15. The van der Waals surface area contributed by atoms with Gasteiger partial charge in [-0.15, -0.1) is 0 Å². The number of nitrogens with one attached hydrogen (secondary N) is 2. The summed E-state index contributed by atoms with van der Waals surface area (Å²) in [6.07, 6.45) is 2.67. The highest BCUT2D eigenvalue weighted by Crippen LogP contribution is 2.29. The zero-order valence-electron chi connectivity index (χ0n) is 16.2. The second kappa shape index (κ2) is 8.79. The first-order valence-electron chi connectivity index (χ1n) is 10.1. The molecule has 0 radical (unpaired) electrons. The molecule has 0 amide bonds. The molecular formula is C20H26ClN5O3. The second-order valence-electron chi connectivity index (χ2n) is 7.75. The van der Waals surface area contributed by atoms with Crippen molar-refractivity contribution in [3.05, 3.63) is 33.8 Å². The first-order chi connectivity index (χ1) is 14.0. The van der Waals surface area contributed by atoms with Crippen molar-refractivity contribution in [2.45, 2.75) is 38.0 Å². The van der Waals surface area contributed by atoms with Crippen LogP contribution in [0.2, 0.25) is 5.02 Å². The average molecular weight is 420 g/mol. The molecule has 0 bridgehead atoms. The Balaban J connectivity index is 1.54. The van der Waals surface area contributed by atoms with Gasteiger partial charge < -0.3 is 20.6 Å². The van der Waals surface area contributed by atoms with Gasteiger partial charge in [-0.1, -0.05) is 11.6 Å². The van der Waals surface area contributed by atoms with Crippen LogP contribution in [-0.2, 0) is 11.3 Å². The van der Waals surface area contributed by atoms with Crippen molar-refractivity contribution < 1.29 is 9.90 Å². The van der Waals surface area contributed by atoms with Crippen LogP contribution in [0.15, 0.2) is 23.3 Å². The van der Waals surface area contributed by atoms with Crippen LogP contribution in [0.4, 0.5) is 5.69 Å². The van der Waals surface area contributed by atoms with Gasteiger partial charge in [0.15, 0.2) is 5.78 Å². The molecule has 29 heavy (non-hydrogen) atoms. The summed E-state index contributed by atoms with van der Waals surface area (Å²) in [6, 6.07) is 3.24. The van der Waals surface area contributed by atoms with Gasteiger partial charge in [-0.2, -0.15) is 0 Å². The molecule has 0 saturated carbocycles. The lowest BCUT2D eigenvalue weighted by atomic mass is 9.97. The molecule has 0 spiro atoms. The van der Waals surface area contributed by atoms with Gasteiger partial charge >= 0.3 is 0 Å². The number of carbonyl (C=O) groups excluding carboxylic acids is 1. The van der Waals surface area contributed by atoms with E-state index in [0.717, 1.165) is 44.8 Å². The summed E-state index contributed by atoms with van der Waals surface area (Å²) in [7, 11) is 0. The quantitative estimate of drug-likeness (QED) is 0.650. The number of anilines is 1. The van der Waals surface area contributed by atoms with Gasteiger partial charge in [-0.25, -0.2) is 4.98 Å². The molecule has 4 rings (SSSR count). The molecule has 3 N–H and O–H groups in total. The third kappa shape index (κ3) is 4.45. The standard InChI is InChI=1S/C20H26ClN5O3/c21-15-9-14-16(10-18(15)25-6-4-22-5-7-25)24-12-26(20(14)29)11-13(27)8-17-19(28)2-1-3-23-17/h9-10,12,17,19,22-23,28H,1-8,11H2. The maximum atomic E-state index is 12.9. The van der Waals surface area contributed by atoms with Crippen LogP contribution in [0.3, 0.4) is 0 Å². The van der Waals surface area contributed by atoms with Crippen LogP contribution in [0, 0.1) is 0 Å². The molecule has 2 fully saturated rings. The Labute approximate surface area is 173 Å². The number of fused-ring (bicyclic) bond motifs is 1. The van der Waals surface area contributed by atoms with Crippen molar-refractivity contribution in [3.63, 3.8) is 0 Å². The number of piperidine rings is 1. The Bertz CT molecular complexity index is 957. The van der Waals surface area contributed by atoms with Gasteiger partial charge in [-0.05, 0) is 31.5 Å². The molecule has 9 heteroatoms. The van der Waals surface area contributed by atoms with Crippen molar-refractivity contribution in [3.8, 4) is 0 Å². The number of hydrogen-bond donors (Lipinski definition) is 3. The van der Waals surface area contributed by atoms with Gasteiger partial charge in [-0.3, -0.25) is 14.2 Å². The van der Waals surface area contributed by atoms with E-state index in [1.165, 1.54) is 10.9 Å². The number of nitrogens with zero attached hydrogens (tertiary/aromatic N) is 3. The Morgan fingerprint density at radius 3 is 2.83 bits per heavy atom. The number of Topliss-reactive ketones (excluding diaryl/α,β-unsaturated/α-hetero) is 1. The molecule has 2 aliphatic heterocycles. The molecule has 2 unspecified atom stereocenters. The number of aliphatic hydroxyl groups is 1. The molecular weight excluding hydrogens is 394 g/mol. The third-order valence-corrected chi connectivity index (χ3v) is 5.99. The number of carbonyl (C=O) groups is 1. The monoisotopic (exact) mass is 419 g/mol. The summed E-state index contributed by atoms with van der Waals surface area (Å²) in [5, 5.41) is 17.4. The minimum absolute atomic E-state index is 0.0656. The maximum Gasteiger partial charge on any atom is 0.261 e. The van der Waals surface area contributed by atoms with Crippen molar-refractivity contribution in [1.29, 1.82) is 0 Å². The predicted octanol–water partition coefficient (Wildman–Crippen LogP) is 0.532. The van der Waals surface area contributed by atoms with Gasteiger partial charge in [0.2, 0.25) is 0 Å². The summed E-state index contributed by atoms with van der Waals surface area (Å²) in [5.74, 6) is -0.116. The summed E-state index contributed by atoms with van der Waals surface area (Å²) in [6.45, 7) is 4.19. The van der Waals surface area contributed by atoms with E-state index in [-0.39, 0.29) is 30.3 Å². The highest BCUT2D eigenvalue weighted by Gasteiger charge is 2.25. The predicted molar refractivity (Wildman–Crippen MR) is 113 cm³/mol. The van der Waals surface area contributed by atoms with E-state index < -0.39 is 6.10 Å². The number of aromatic nitrogens is 2. The highest BCUT2D eigenvalue weighted by atomic mass is 35.5. The van der Waals surface area contributed by atoms with E-state index >= 15 is 0 Å². The molecule has 2 atom stereocenters. The first kappa shape index (κ1) is 20.3. The molecule has 1 aromatic heterocycles. The van der Waals surface area contributed by atoms with E-state index in [9.17, 15) is 14.7 Å². The van der Waals surface area contributed by atoms with E-state index in [4.69, 9.17) is 11.6 Å². The maximum absolute atomic E-state index is 12.9. The normalized spacial score (nSPS) is 22.8. The first-order valence-corrected chi connectivity index (χ1v) is 10.5. The lowest BCUT2D eigenvalue weighted by molar-refractivity contribution is -0.121. The molecule has 1 aromatic carbocycles. The average Bonchev–Trinajstić information content (AvgIpc) is 2.72. The molecule has 8 nitrogen and oxygen atoms in total. The van der Waals surface area contributed by atoms with Crippen molar-refractivity contribution in [2.24, 2.45) is 0 Å². The summed E-state index contributed by atoms with van der Waals surface area (Å²) < 4.78 is 1.32. The molecule has 156 valence electrons. The number of benzene rings is 1. The zero-order valence-corrected chi connectivity index (χ0v) is 17.0. The SMILES string of the molecule is O=C(CC1NCCCC1O)Cn1cnc2cc(N3CCNCC3)c(Cl)cc2c1=O. The number of rotatable bonds is 5. The zero-order chi connectivity index (χ0) is 20.4. The van der Waals surface area contributed by atoms with Crippen LogP contribution in [0.5, 0.6) is 0 Å². The highest BCUT2D eigenvalue weighted by molar-refractivity contribution is 6.34. The summed E-state index contributed by atoms with van der Waals surface area (Å²) in [4.78, 5) is 31.9. The summed E-state index contributed by atoms with van der Waals surface area (Å²) >= 11 is 6.47. The lowest BCUT2D eigenvalue weighted by Gasteiger charge is -2.30. The third-order valence-electron chi connectivity index (χ3n) is 5.69. The minimum atomic E-state index is -0.527. The van der Waals surface area contributed by atoms with Crippen LogP contribution < -0.4 is 21.1 Å². The Morgan fingerprint density at radius 1 is 1.28 bits per heavy atom. The Morgan fingerprint density at radius 2 is 2.07 bits per heavy atom. The molecule has 3 heterocycles. The summed E-state index contributed by atoms with van der Waals surface area (Å²) in [5.41, 5.74) is 1.16. The number of aliphatic hydroxyl groups excluding tert-OH is 1. The van der Waals surface area contributed by atoms with E-state index in [0.29, 0.717) is 22.3 Å². The van der Waals surface area contributed by atoms with Gasteiger partial charge in [0.05, 0.1) is 40.6 Å². The minimum Gasteiger partial charge on any atom is -0.391 e. The Hall–Kier alpha value is -2.00. The van der Waals surface area contributed by atoms with Crippen LogP contribution >= 0.6 is 11.6 Å². The number of ketones is 1.